The van der Waals surface area contributed by atoms with Gasteiger partial charge in [-0.3, -0.25) is 0 Å². The molecule has 1 fully saturated rings. The van der Waals surface area contributed by atoms with Crippen LogP contribution in [0, 0.1) is 0 Å². The summed E-state index contributed by atoms with van der Waals surface area (Å²) in [4.78, 5) is 0. The van der Waals surface area contributed by atoms with Gasteiger partial charge in [-0.25, -0.2) is 0 Å². The van der Waals surface area contributed by atoms with E-state index in [0.717, 1.165) is 25.7 Å². The Morgan fingerprint density at radius 2 is 0.778 bits per heavy atom. The second-order valence-electron chi connectivity index (χ2n) is 4.52. The number of hydrogen-bond acceptors (Lipinski definition) is 2. The summed E-state index contributed by atoms with van der Waals surface area (Å²) in [6.45, 7) is 15.1. The molecule has 2 nitrogen and oxygen atoms in total. The summed E-state index contributed by atoms with van der Waals surface area (Å²) < 4.78 is 12.3. The van der Waals surface area contributed by atoms with Crippen molar-refractivity contribution in [3.8, 4) is 0 Å². The van der Waals surface area contributed by atoms with Gasteiger partial charge in [-0.1, -0.05) is 24.3 Å². The van der Waals surface area contributed by atoms with Crippen LogP contribution in [0.3, 0.4) is 0 Å². The van der Waals surface area contributed by atoms with Crippen LogP contribution in [0.2, 0.25) is 0 Å². The number of ether oxygens (including phenoxy) is 2. The molecule has 100 valence electrons. The van der Waals surface area contributed by atoms with Crippen LogP contribution in [0.1, 0.15) is 25.7 Å². The molecule has 1 aliphatic rings. The first-order valence-electron chi connectivity index (χ1n) is 6.51. The van der Waals surface area contributed by atoms with E-state index in [0.29, 0.717) is 0 Å². The molecule has 1 heterocycles. The monoisotopic (exact) mass is 248 g/mol. The lowest BCUT2D eigenvalue weighted by molar-refractivity contribution is -0.215. The maximum atomic E-state index is 6.13. The molecule has 1 aliphatic heterocycles. The van der Waals surface area contributed by atoms with E-state index in [2.05, 4.69) is 26.3 Å². The minimum atomic E-state index is 0.0616. The number of hydrogen-bond donors (Lipinski definition) is 0. The van der Waals surface area contributed by atoms with Gasteiger partial charge in [0.05, 0.1) is 24.4 Å². The smallest absolute Gasteiger partial charge is 0.0879 e. The zero-order chi connectivity index (χ0) is 13.4. The molecule has 1 saturated heterocycles. The molecule has 0 N–H and O–H groups in total. The van der Waals surface area contributed by atoms with Crippen LogP contribution in [0.15, 0.2) is 50.6 Å². The Balaban J connectivity index is 2.75. The molecule has 18 heavy (non-hydrogen) atoms. The average molecular weight is 248 g/mol. The van der Waals surface area contributed by atoms with Crippen LogP contribution in [0.5, 0.6) is 0 Å². The lowest BCUT2D eigenvalue weighted by atomic mass is 9.99. The van der Waals surface area contributed by atoms with Crippen LogP contribution in [0.25, 0.3) is 0 Å². The molecule has 0 spiro atoms. The number of rotatable bonds is 8. The van der Waals surface area contributed by atoms with Gasteiger partial charge in [0, 0.05) is 0 Å². The first-order chi connectivity index (χ1) is 8.76. The average Bonchev–Trinajstić information content (AvgIpc) is 2.35. The van der Waals surface area contributed by atoms with Gasteiger partial charge in [-0.15, -0.1) is 26.3 Å². The summed E-state index contributed by atoms with van der Waals surface area (Å²) in [5.41, 5.74) is 0. The Labute approximate surface area is 111 Å². The molecule has 4 unspecified atom stereocenters. The van der Waals surface area contributed by atoms with Crippen molar-refractivity contribution in [1.82, 2.24) is 0 Å². The van der Waals surface area contributed by atoms with E-state index >= 15 is 0 Å². The zero-order valence-corrected chi connectivity index (χ0v) is 11.1. The van der Waals surface area contributed by atoms with E-state index in [-0.39, 0.29) is 24.4 Å². The molecule has 2 heteroatoms. The predicted molar refractivity (Wildman–Crippen MR) is 76.6 cm³/mol. The molecule has 4 atom stereocenters. The van der Waals surface area contributed by atoms with Crippen LogP contribution in [-0.2, 0) is 9.47 Å². The largest absolute Gasteiger partial charge is 0.369 e. The highest BCUT2D eigenvalue weighted by atomic mass is 16.6. The highest BCUT2D eigenvalue weighted by Crippen LogP contribution is 2.28. The highest BCUT2D eigenvalue weighted by molar-refractivity contribution is 4.94. The van der Waals surface area contributed by atoms with Gasteiger partial charge in [-0.2, -0.15) is 0 Å². The molecular formula is C16H24O2. The highest BCUT2D eigenvalue weighted by Gasteiger charge is 2.36. The minimum absolute atomic E-state index is 0.0616. The summed E-state index contributed by atoms with van der Waals surface area (Å²) in [6.07, 6.45) is 11.0. The maximum absolute atomic E-state index is 6.13. The molecule has 1 rings (SSSR count). The summed E-state index contributed by atoms with van der Waals surface area (Å²) in [6, 6.07) is 0. The molecule has 0 aromatic heterocycles. The Kier molecular flexibility index (Phi) is 6.69. The van der Waals surface area contributed by atoms with Crippen LogP contribution in [-0.4, -0.2) is 24.4 Å². The van der Waals surface area contributed by atoms with Crippen molar-refractivity contribution in [3.63, 3.8) is 0 Å². The topological polar surface area (TPSA) is 18.5 Å². The Morgan fingerprint density at radius 3 is 0.944 bits per heavy atom. The molecule has 0 amide bonds. The Bertz CT molecular complexity index is 237. The van der Waals surface area contributed by atoms with Gasteiger partial charge in [0.2, 0.25) is 0 Å². The molecule has 0 aromatic rings. The predicted octanol–water partition coefficient (Wildman–Crippen LogP) is 3.81. The second-order valence-corrected chi connectivity index (χ2v) is 4.52. The van der Waals surface area contributed by atoms with Gasteiger partial charge in [0.1, 0.15) is 0 Å². The van der Waals surface area contributed by atoms with Crippen molar-refractivity contribution in [2.75, 3.05) is 0 Å². The van der Waals surface area contributed by atoms with Crippen molar-refractivity contribution in [2.24, 2.45) is 0 Å². The summed E-state index contributed by atoms with van der Waals surface area (Å²) in [5, 5.41) is 0. The fourth-order valence-electron chi connectivity index (χ4n) is 2.29. The molecular weight excluding hydrogens is 224 g/mol. The molecule has 0 saturated carbocycles. The first kappa shape index (κ1) is 14.9. The normalized spacial score (nSPS) is 31.6. The zero-order valence-electron chi connectivity index (χ0n) is 11.1. The first-order valence-corrected chi connectivity index (χ1v) is 6.51. The lowest BCUT2D eigenvalue weighted by Crippen LogP contribution is -2.48. The van der Waals surface area contributed by atoms with Crippen LogP contribution in [0.4, 0.5) is 0 Å². The molecule has 0 radical (unpaired) electrons. The molecule has 0 aromatic carbocycles. The quantitative estimate of drug-likeness (QED) is 0.608. The van der Waals surface area contributed by atoms with Gasteiger partial charge in [-0.05, 0) is 25.7 Å². The van der Waals surface area contributed by atoms with Crippen molar-refractivity contribution in [3.05, 3.63) is 50.6 Å². The van der Waals surface area contributed by atoms with E-state index in [9.17, 15) is 0 Å². The van der Waals surface area contributed by atoms with Crippen molar-refractivity contribution >= 4 is 0 Å². The van der Waals surface area contributed by atoms with Crippen molar-refractivity contribution < 1.29 is 9.47 Å². The Morgan fingerprint density at radius 1 is 0.556 bits per heavy atom. The van der Waals surface area contributed by atoms with E-state index in [1.165, 1.54) is 0 Å². The van der Waals surface area contributed by atoms with Gasteiger partial charge < -0.3 is 9.47 Å². The SMILES string of the molecule is C=CCC1OC(CC=C)C(CC=C)OC1CC=C. The van der Waals surface area contributed by atoms with E-state index in [1.807, 2.05) is 24.3 Å². The van der Waals surface area contributed by atoms with Gasteiger partial charge in [0.25, 0.3) is 0 Å². The summed E-state index contributed by atoms with van der Waals surface area (Å²) >= 11 is 0. The van der Waals surface area contributed by atoms with Crippen molar-refractivity contribution in [2.45, 2.75) is 50.1 Å². The second kappa shape index (κ2) is 8.06. The van der Waals surface area contributed by atoms with E-state index in [1.54, 1.807) is 0 Å². The van der Waals surface area contributed by atoms with E-state index < -0.39 is 0 Å². The maximum Gasteiger partial charge on any atom is 0.0879 e. The Hall–Kier alpha value is -1.12. The van der Waals surface area contributed by atoms with Gasteiger partial charge >= 0.3 is 0 Å². The van der Waals surface area contributed by atoms with Crippen LogP contribution >= 0.6 is 0 Å². The minimum Gasteiger partial charge on any atom is -0.369 e. The standard InChI is InChI=1S/C16H24O2/c1-5-9-13-14(10-6-2)18-16(12-8-4)15(17-13)11-7-3/h5-8,13-16H,1-4,9-12H2. The van der Waals surface area contributed by atoms with Gasteiger partial charge in [0.15, 0.2) is 0 Å². The molecule has 0 bridgehead atoms. The summed E-state index contributed by atoms with van der Waals surface area (Å²) in [7, 11) is 0. The third kappa shape index (κ3) is 3.97. The third-order valence-electron chi connectivity index (χ3n) is 3.12. The lowest BCUT2D eigenvalue weighted by Gasteiger charge is -2.41. The fraction of sp³-hybridized carbons (Fsp3) is 0.500. The summed E-state index contributed by atoms with van der Waals surface area (Å²) in [5.74, 6) is 0. The third-order valence-corrected chi connectivity index (χ3v) is 3.12. The van der Waals surface area contributed by atoms with E-state index in [4.69, 9.17) is 9.47 Å². The molecule has 0 aliphatic carbocycles. The fourth-order valence-corrected chi connectivity index (χ4v) is 2.29. The van der Waals surface area contributed by atoms with Crippen molar-refractivity contribution in [1.29, 1.82) is 0 Å². The van der Waals surface area contributed by atoms with Crippen LogP contribution < -0.4 is 0 Å².